The van der Waals surface area contributed by atoms with Gasteiger partial charge in [0.25, 0.3) is 0 Å². The van der Waals surface area contributed by atoms with Crippen LogP contribution in [-0.4, -0.2) is 24.3 Å². The molecule has 16 heavy (non-hydrogen) atoms. The van der Waals surface area contributed by atoms with Gasteiger partial charge in [0.2, 0.25) is 0 Å². The Morgan fingerprint density at radius 2 is 2.25 bits per heavy atom. The van der Waals surface area contributed by atoms with Crippen molar-refractivity contribution in [2.75, 3.05) is 23.9 Å². The summed E-state index contributed by atoms with van der Waals surface area (Å²) in [7, 11) is 0. The van der Waals surface area contributed by atoms with Crippen LogP contribution in [0.2, 0.25) is 0 Å². The molecule has 0 fully saturated rings. The number of thioether (sulfide) groups is 1. The minimum atomic E-state index is -0.456. The molecule has 0 heterocycles. The summed E-state index contributed by atoms with van der Waals surface area (Å²) < 4.78 is 13.4. The predicted molar refractivity (Wildman–Crippen MR) is 67.9 cm³/mol. The van der Waals surface area contributed by atoms with E-state index in [4.69, 9.17) is 0 Å². The minimum Gasteiger partial charge on any atom is -0.384 e. The van der Waals surface area contributed by atoms with Crippen LogP contribution in [0, 0.1) is 5.82 Å². The Bertz CT molecular complexity index is 368. The van der Waals surface area contributed by atoms with Gasteiger partial charge in [-0.1, -0.05) is 6.07 Å². The molecule has 0 amide bonds. The number of halogens is 1. The Hall–Kier alpha value is -1.03. The normalized spacial score (nSPS) is 10.2. The van der Waals surface area contributed by atoms with E-state index in [9.17, 15) is 9.18 Å². The summed E-state index contributed by atoms with van der Waals surface area (Å²) in [6.45, 7) is 2.13. The maximum atomic E-state index is 13.4. The van der Waals surface area contributed by atoms with Gasteiger partial charge in [-0.3, -0.25) is 4.79 Å². The fourth-order valence-corrected chi connectivity index (χ4v) is 1.90. The molecule has 0 saturated carbocycles. The lowest BCUT2D eigenvalue weighted by Crippen LogP contribution is -2.08. The molecule has 0 aliphatic heterocycles. The summed E-state index contributed by atoms with van der Waals surface area (Å²) in [4.78, 5) is 11.3. The average molecular weight is 241 g/mol. The number of hydrogen-bond donors (Lipinski definition) is 1. The molecule has 0 spiro atoms. The van der Waals surface area contributed by atoms with Crippen LogP contribution in [-0.2, 0) is 0 Å². The maximum Gasteiger partial charge on any atom is 0.164 e. The van der Waals surface area contributed by atoms with Crippen molar-refractivity contribution in [3.8, 4) is 0 Å². The largest absolute Gasteiger partial charge is 0.384 e. The average Bonchev–Trinajstić information content (AvgIpc) is 2.24. The first kappa shape index (κ1) is 13.0. The third-order valence-corrected chi connectivity index (χ3v) is 2.90. The quantitative estimate of drug-likeness (QED) is 0.612. The van der Waals surface area contributed by atoms with E-state index >= 15 is 0 Å². The number of carbonyl (C=O) groups is 1. The van der Waals surface area contributed by atoms with Gasteiger partial charge in [-0.25, -0.2) is 4.39 Å². The number of anilines is 1. The number of ketones is 1. The predicted octanol–water partition coefficient (Wildman–Crippen LogP) is 3.19. The smallest absolute Gasteiger partial charge is 0.164 e. The highest BCUT2D eigenvalue weighted by atomic mass is 32.2. The van der Waals surface area contributed by atoms with Crippen molar-refractivity contribution >= 4 is 23.2 Å². The first-order valence-electron chi connectivity index (χ1n) is 5.19. The van der Waals surface area contributed by atoms with Crippen molar-refractivity contribution in [3.63, 3.8) is 0 Å². The Balaban J connectivity index is 2.71. The molecule has 88 valence electrons. The Morgan fingerprint density at radius 3 is 2.88 bits per heavy atom. The van der Waals surface area contributed by atoms with Gasteiger partial charge in [0.05, 0.1) is 5.56 Å². The van der Waals surface area contributed by atoms with Gasteiger partial charge in [0.1, 0.15) is 5.82 Å². The van der Waals surface area contributed by atoms with E-state index < -0.39 is 5.82 Å². The summed E-state index contributed by atoms with van der Waals surface area (Å²) in [6, 6.07) is 4.65. The lowest BCUT2D eigenvalue weighted by Gasteiger charge is -2.10. The Kier molecular flexibility index (Phi) is 5.32. The monoisotopic (exact) mass is 241 g/mol. The fourth-order valence-electron chi connectivity index (χ4n) is 1.47. The fraction of sp³-hybridized carbons (Fsp3) is 0.417. The van der Waals surface area contributed by atoms with E-state index in [1.807, 2.05) is 6.26 Å². The van der Waals surface area contributed by atoms with E-state index in [0.717, 1.165) is 18.7 Å². The Morgan fingerprint density at radius 1 is 1.50 bits per heavy atom. The highest BCUT2D eigenvalue weighted by molar-refractivity contribution is 7.98. The molecular weight excluding hydrogens is 225 g/mol. The van der Waals surface area contributed by atoms with Crippen molar-refractivity contribution in [1.82, 2.24) is 0 Å². The first-order valence-corrected chi connectivity index (χ1v) is 6.58. The summed E-state index contributed by atoms with van der Waals surface area (Å²) >= 11 is 1.77. The second-order valence-corrected chi connectivity index (χ2v) is 4.48. The zero-order valence-electron chi connectivity index (χ0n) is 9.55. The van der Waals surface area contributed by atoms with E-state index in [1.54, 1.807) is 23.9 Å². The molecule has 1 aromatic rings. The van der Waals surface area contributed by atoms with Crippen molar-refractivity contribution in [3.05, 3.63) is 29.6 Å². The topological polar surface area (TPSA) is 29.1 Å². The van der Waals surface area contributed by atoms with Gasteiger partial charge in [0.15, 0.2) is 5.78 Å². The van der Waals surface area contributed by atoms with E-state index in [-0.39, 0.29) is 11.3 Å². The van der Waals surface area contributed by atoms with Crippen LogP contribution < -0.4 is 5.32 Å². The highest BCUT2D eigenvalue weighted by Crippen LogP contribution is 2.19. The van der Waals surface area contributed by atoms with Crippen molar-refractivity contribution in [2.24, 2.45) is 0 Å². The number of benzene rings is 1. The summed E-state index contributed by atoms with van der Waals surface area (Å²) in [5, 5.41) is 3.10. The van der Waals surface area contributed by atoms with Gasteiger partial charge in [-0.15, -0.1) is 0 Å². The molecule has 2 nitrogen and oxygen atoms in total. The van der Waals surface area contributed by atoms with Gasteiger partial charge in [-0.05, 0) is 37.5 Å². The van der Waals surface area contributed by atoms with Crippen molar-refractivity contribution in [2.45, 2.75) is 13.3 Å². The minimum absolute atomic E-state index is 0.159. The van der Waals surface area contributed by atoms with Gasteiger partial charge in [0, 0.05) is 12.2 Å². The SMILES string of the molecule is CSCCCNc1cccc(F)c1C(C)=O. The van der Waals surface area contributed by atoms with E-state index in [0.29, 0.717) is 5.69 Å². The highest BCUT2D eigenvalue weighted by Gasteiger charge is 2.11. The maximum absolute atomic E-state index is 13.4. The van der Waals surface area contributed by atoms with Crippen LogP contribution in [0.3, 0.4) is 0 Å². The molecule has 1 rings (SSSR count). The van der Waals surface area contributed by atoms with Crippen LogP contribution >= 0.6 is 11.8 Å². The summed E-state index contributed by atoms with van der Waals surface area (Å²) in [5.41, 5.74) is 0.750. The molecule has 0 radical (unpaired) electrons. The first-order chi connectivity index (χ1) is 7.66. The van der Waals surface area contributed by atoms with Crippen LogP contribution in [0.1, 0.15) is 23.7 Å². The van der Waals surface area contributed by atoms with Crippen LogP contribution in [0.4, 0.5) is 10.1 Å². The molecular formula is C12H16FNOS. The van der Waals surface area contributed by atoms with Crippen LogP contribution in [0.15, 0.2) is 18.2 Å². The van der Waals surface area contributed by atoms with Gasteiger partial charge >= 0.3 is 0 Å². The lowest BCUT2D eigenvalue weighted by atomic mass is 10.1. The van der Waals surface area contributed by atoms with E-state index in [1.165, 1.54) is 13.0 Å². The number of Topliss-reactive ketones (excluding diaryl/α,β-unsaturated/α-hetero) is 1. The summed E-state index contributed by atoms with van der Waals surface area (Å²) in [6.07, 6.45) is 3.04. The van der Waals surface area contributed by atoms with E-state index in [2.05, 4.69) is 5.32 Å². The molecule has 4 heteroatoms. The van der Waals surface area contributed by atoms with Crippen molar-refractivity contribution in [1.29, 1.82) is 0 Å². The van der Waals surface area contributed by atoms with Crippen LogP contribution in [0.25, 0.3) is 0 Å². The molecule has 1 N–H and O–H groups in total. The third-order valence-electron chi connectivity index (χ3n) is 2.21. The molecule has 1 aromatic carbocycles. The van der Waals surface area contributed by atoms with Crippen LogP contribution in [0.5, 0.6) is 0 Å². The third kappa shape index (κ3) is 3.52. The molecule has 0 bridgehead atoms. The van der Waals surface area contributed by atoms with Crippen molar-refractivity contribution < 1.29 is 9.18 Å². The molecule has 0 atom stereocenters. The van der Waals surface area contributed by atoms with Gasteiger partial charge in [-0.2, -0.15) is 11.8 Å². The number of carbonyl (C=O) groups excluding carboxylic acids is 1. The molecule has 0 saturated heterocycles. The number of nitrogens with one attached hydrogen (secondary N) is 1. The second kappa shape index (κ2) is 6.53. The standard InChI is InChI=1S/C12H16FNOS/c1-9(15)12-10(13)5-3-6-11(12)14-7-4-8-16-2/h3,5-6,14H,4,7-8H2,1-2H3. The molecule has 0 unspecified atom stereocenters. The number of rotatable bonds is 6. The lowest BCUT2D eigenvalue weighted by molar-refractivity contribution is 0.101. The Labute approximate surface area is 99.6 Å². The molecule has 0 aromatic heterocycles. The zero-order chi connectivity index (χ0) is 12.0. The summed E-state index contributed by atoms with van der Waals surface area (Å²) in [5.74, 6) is 0.352. The molecule has 0 aliphatic rings. The zero-order valence-corrected chi connectivity index (χ0v) is 10.4. The molecule has 0 aliphatic carbocycles. The van der Waals surface area contributed by atoms with Gasteiger partial charge < -0.3 is 5.32 Å². The number of hydrogen-bond acceptors (Lipinski definition) is 3. The second-order valence-electron chi connectivity index (χ2n) is 3.49.